The van der Waals surface area contributed by atoms with Crippen molar-refractivity contribution in [2.45, 2.75) is 17.2 Å². The number of hydrogen-bond acceptors (Lipinski definition) is 2. The second-order valence-electron chi connectivity index (χ2n) is 3.52. The van der Waals surface area contributed by atoms with Crippen molar-refractivity contribution >= 4 is 33.2 Å². The molecule has 3 nitrogen and oxygen atoms in total. The molecule has 0 saturated heterocycles. The Morgan fingerprint density at radius 2 is 1.81 bits per heavy atom. The number of alkyl halides is 1. The fraction of sp³-hybridized carbons (Fsp3) is 0.400. The van der Waals surface area contributed by atoms with E-state index in [-0.39, 0.29) is 16.8 Å². The Kier molecular flexibility index (Phi) is 4.62. The number of sulfonamides is 1. The van der Waals surface area contributed by atoms with Crippen molar-refractivity contribution in [2.75, 3.05) is 13.6 Å². The molecule has 1 rings (SSSR count). The summed E-state index contributed by atoms with van der Waals surface area (Å²) in [6, 6.07) is 6.05. The van der Waals surface area contributed by atoms with Crippen LogP contribution >= 0.6 is 23.2 Å². The van der Waals surface area contributed by atoms with Crippen molar-refractivity contribution in [1.29, 1.82) is 0 Å². The van der Waals surface area contributed by atoms with Gasteiger partial charge >= 0.3 is 0 Å². The number of rotatable bonds is 4. The summed E-state index contributed by atoms with van der Waals surface area (Å²) >= 11 is 11.5. The maximum Gasteiger partial charge on any atom is 0.242 e. The summed E-state index contributed by atoms with van der Waals surface area (Å²) in [5.41, 5.74) is 0. The van der Waals surface area contributed by atoms with Crippen molar-refractivity contribution in [3.63, 3.8) is 0 Å². The van der Waals surface area contributed by atoms with Crippen molar-refractivity contribution in [3.8, 4) is 0 Å². The van der Waals surface area contributed by atoms with Gasteiger partial charge in [0.1, 0.15) is 0 Å². The van der Waals surface area contributed by atoms with Crippen LogP contribution in [0, 0.1) is 0 Å². The van der Waals surface area contributed by atoms with Gasteiger partial charge in [-0.3, -0.25) is 0 Å². The first-order valence-electron chi connectivity index (χ1n) is 4.70. The lowest BCUT2D eigenvalue weighted by Gasteiger charge is -2.18. The van der Waals surface area contributed by atoms with E-state index in [1.54, 1.807) is 19.1 Å². The first-order valence-corrected chi connectivity index (χ1v) is 6.95. The minimum Gasteiger partial charge on any atom is -0.207 e. The molecule has 0 aliphatic heterocycles. The molecule has 0 spiro atoms. The van der Waals surface area contributed by atoms with Crippen LogP contribution in [-0.2, 0) is 10.0 Å². The van der Waals surface area contributed by atoms with E-state index in [0.29, 0.717) is 5.02 Å². The number of hydrogen-bond donors (Lipinski definition) is 0. The van der Waals surface area contributed by atoms with Gasteiger partial charge in [0.2, 0.25) is 10.0 Å². The molecule has 0 amide bonds. The molecule has 0 aliphatic rings. The summed E-state index contributed by atoms with van der Waals surface area (Å²) < 4.78 is 25.2. The minimum absolute atomic E-state index is 0.219. The SMILES string of the molecule is CC(Cl)CN(C)S(=O)(=O)c1ccc(Cl)cc1. The molecule has 90 valence electrons. The van der Waals surface area contributed by atoms with Crippen LogP contribution in [0.2, 0.25) is 5.02 Å². The van der Waals surface area contributed by atoms with E-state index in [2.05, 4.69) is 0 Å². The minimum atomic E-state index is -3.46. The lowest BCUT2D eigenvalue weighted by molar-refractivity contribution is 0.470. The molecule has 0 saturated carbocycles. The van der Waals surface area contributed by atoms with Gasteiger partial charge in [-0.2, -0.15) is 4.31 Å². The summed E-state index contributed by atoms with van der Waals surface area (Å²) in [6.07, 6.45) is 0. The molecule has 0 radical (unpaired) electrons. The van der Waals surface area contributed by atoms with E-state index in [4.69, 9.17) is 23.2 Å². The Labute approximate surface area is 106 Å². The number of halogens is 2. The van der Waals surface area contributed by atoms with E-state index < -0.39 is 10.0 Å². The third-order valence-corrected chi connectivity index (χ3v) is 4.26. The zero-order valence-electron chi connectivity index (χ0n) is 9.02. The van der Waals surface area contributed by atoms with E-state index in [1.165, 1.54) is 23.5 Å². The van der Waals surface area contributed by atoms with Crippen molar-refractivity contribution < 1.29 is 8.42 Å². The fourth-order valence-corrected chi connectivity index (χ4v) is 2.91. The molecular weight excluding hydrogens is 269 g/mol. The van der Waals surface area contributed by atoms with Crippen LogP contribution in [-0.4, -0.2) is 31.7 Å². The second kappa shape index (κ2) is 5.36. The highest BCUT2D eigenvalue weighted by Gasteiger charge is 2.21. The summed E-state index contributed by atoms with van der Waals surface area (Å²) in [5, 5.41) is 0.277. The van der Waals surface area contributed by atoms with Gasteiger partial charge in [-0.25, -0.2) is 8.42 Å². The van der Waals surface area contributed by atoms with Crippen LogP contribution in [0.5, 0.6) is 0 Å². The summed E-state index contributed by atoms with van der Waals surface area (Å²) in [6.45, 7) is 2.02. The molecule has 16 heavy (non-hydrogen) atoms. The summed E-state index contributed by atoms with van der Waals surface area (Å²) in [4.78, 5) is 0.219. The molecule has 1 unspecified atom stereocenters. The van der Waals surface area contributed by atoms with Crippen LogP contribution in [0.15, 0.2) is 29.2 Å². The standard InChI is InChI=1S/C10H13Cl2NO2S/c1-8(11)7-13(2)16(14,15)10-5-3-9(12)4-6-10/h3-6,8H,7H2,1-2H3. The molecule has 1 aromatic carbocycles. The van der Waals surface area contributed by atoms with Gasteiger partial charge in [0.15, 0.2) is 0 Å². The van der Waals surface area contributed by atoms with Gasteiger partial charge in [0.05, 0.1) is 4.90 Å². The van der Waals surface area contributed by atoms with Crippen LogP contribution in [0.3, 0.4) is 0 Å². The van der Waals surface area contributed by atoms with Gasteiger partial charge in [-0.05, 0) is 31.2 Å². The van der Waals surface area contributed by atoms with Crippen molar-refractivity contribution in [2.24, 2.45) is 0 Å². The maximum absolute atomic E-state index is 12.0. The van der Waals surface area contributed by atoms with E-state index in [0.717, 1.165) is 0 Å². The molecule has 0 fully saturated rings. The lowest BCUT2D eigenvalue weighted by Crippen LogP contribution is -2.31. The molecule has 0 aliphatic carbocycles. The first-order chi connectivity index (χ1) is 7.34. The van der Waals surface area contributed by atoms with E-state index in [1.807, 2.05) is 0 Å². The first kappa shape index (κ1) is 13.8. The molecule has 1 aromatic rings. The Morgan fingerprint density at radius 1 is 1.31 bits per heavy atom. The molecule has 0 bridgehead atoms. The quantitative estimate of drug-likeness (QED) is 0.796. The molecule has 0 heterocycles. The lowest BCUT2D eigenvalue weighted by atomic mass is 10.4. The van der Waals surface area contributed by atoms with Crippen molar-refractivity contribution in [3.05, 3.63) is 29.3 Å². The van der Waals surface area contributed by atoms with Crippen LogP contribution < -0.4 is 0 Å². The highest BCUT2D eigenvalue weighted by molar-refractivity contribution is 7.89. The van der Waals surface area contributed by atoms with Gasteiger partial charge in [0.25, 0.3) is 0 Å². The van der Waals surface area contributed by atoms with Crippen LogP contribution in [0.25, 0.3) is 0 Å². The van der Waals surface area contributed by atoms with E-state index >= 15 is 0 Å². The largest absolute Gasteiger partial charge is 0.242 e. The normalized spacial score (nSPS) is 14.1. The second-order valence-corrected chi connectivity index (χ2v) is 6.75. The third-order valence-electron chi connectivity index (χ3n) is 2.03. The smallest absolute Gasteiger partial charge is 0.207 e. The third kappa shape index (κ3) is 3.35. The molecule has 6 heteroatoms. The van der Waals surface area contributed by atoms with Gasteiger partial charge in [-0.15, -0.1) is 11.6 Å². The predicted molar refractivity (Wildman–Crippen MR) is 66.6 cm³/mol. The Balaban J connectivity index is 2.97. The van der Waals surface area contributed by atoms with Gasteiger partial charge in [0, 0.05) is 24.0 Å². The average molecular weight is 282 g/mol. The zero-order chi connectivity index (χ0) is 12.3. The van der Waals surface area contributed by atoms with E-state index in [9.17, 15) is 8.42 Å². The fourth-order valence-electron chi connectivity index (χ4n) is 1.24. The Hall–Kier alpha value is -0.290. The van der Waals surface area contributed by atoms with Crippen LogP contribution in [0.4, 0.5) is 0 Å². The zero-order valence-corrected chi connectivity index (χ0v) is 11.4. The highest BCUT2D eigenvalue weighted by Crippen LogP contribution is 2.18. The Bertz CT molecular complexity index is 442. The summed E-state index contributed by atoms with van der Waals surface area (Å²) in [7, 11) is -1.96. The summed E-state index contributed by atoms with van der Waals surface area (Å²) in [5.74, 6) is 0. The number of benzene rings is 1. The number of nitrogens with zero attached hydrogens (tertiary/aromatic N) is 1. The van der Waals surface area contributed by atoms with Crippen LogP contribution in [0.1, 0.15) is 6.92 Å². The molecule has 1 atom stereocenters. The topological polar surface area (TPSA) is 37.4 Å². The monoisotopic (exact) mass is 281 g/mol. The molecule has 0 N–H and O–H groups in total. The molecular formula is C10H13Cl2NO2S. The van der Waals surface area contributed by atoms with Gasteiger partial charge < -0.3 is 0 Å². The van der Waals surface area contributed by atoms with Crippen molar-refractivity contribution in [1.82, 2.24) is 4.31 Å². The highest BCUT2D eigenvalue weighted by atomic mass is 35.5. The van der Waals surface area contributed by atoms with Gasteiger partial charge in [-0.1, -0.05) is 11.6 Å². The maximum atomic E-state index is 12.0. The molecule has 0 aromatic heterocycles. The Morgan fingerprint density at radius 3 is 2.25 bits per heavy atom. The predicted octanol–water partition coefficient (Wildman–Crippen LogP) is 2.59. The average Bonchev–Trinajstić information content (AvgIpc) is 2.17.